The predicted octanol–water partition coefficient (Wildman–Crippen LogP) is 1.97. The Morgan fingerprint density at radius 3 is 2.59 bits per heavy atom. The number of halogens is 3. The number of nitrogens with one attached hydrogen (secondary N) is 1. The first-order valence-electron chi connectivity index (χ1n) is 8.88. The first kappa shape index (κ1) is 20.0. The lowest BCUT2D eigenvalue weighted by Gasteiger charge is -2.36. The van der Waals surface area contributed by atoms with Crippen LogP contribution in [0.15, 0.2) is 24.3 Å². The van der Waals surface area contributed by atoms with Gasteiger partial charge in [-0.2, -0.15) is 24.9 Å². The van der Waals surface area contributed by atoms with E-state index in [1.807, 2.05) is 0 Å². The van der Waals surface area contributed by atoms with Crippen LogP contribution in [0.25, 0.3) is 0 Å². The molecule has 1 unspecified atom stereocenters. The molecule has 148 valence electrons. The maximum Gasteiger partial charge on any atom is 0.416 e. The maximum atomic E-state index is 13.3. The summed E-state index contributed by atoms with van der Waals surface area (Å²) in [6, 6.07) is 4.63. The van der Waals surface area contributed by atoms with Crippen molar-refractivity contribution in [1.29, 1.82) is 0 Å². The van der Waals surface area contributed by atoms with Gasteiger partial charge in [0.15, 0.2) is 0 Å². The van der Waals surface area contributed by atoms with Crippen LogP contribution in [-0.2, 0) is 22.3 Å². The molecular weight excluding hydrogens is 379 g/mol. The molecule has 0 aromatic heterocycles. The van der Waals surface area contributed by atoms with Gasteiger partial charge >= 0.3 is 6.18 Å². The molecule has 1 N–H and O–H groups in total. The third kappa shape index (κ3) is 4.95. The van der Waals surface area contributed by atoms with Crippen LogP contribution in [0.1, 0.15) is 17.5 Å². The van der Waals surface area contributed by atoms with Crippen molar-refractivity contribution in [3.05, 3.63) is 35.4 Å². The number of hydrogen-bond acceptors (Lipinski definition) is 4. The molecule has 2 heterocycles. The molecule has 1 aromatic rings. The number of carbonyl (C=O) groups excluding carboxylic acids is 2. The van der Waals surface area contributed by atoms with Crippen molar-refractivity contribution >= 4 is 23.6 Å². The van der Waals surface area contributed by atoms with Crippen molar-refractivity contribution in [1.82, 2.24) is 15.1 Å². The zero-order valence-electron chi connectivity index (χ0n) is 14.8. The second-order valence-corrected chi connectivity index (χ2v) is 7.85. The summed E-state index contributed by atoms with van der Waals surface area (Å²) in [5, 5.41) is 2.72. The first-order chi connectivity index (χ1) is 12.9. The second-order valence-electron chi connectivity index (χ2n) is 6.63. The number of nitrogens with zero attached hydrogens (tertiary/aromatic N) is 2. The molecule has 5 nitrogen and oxygen atoms in total. The molecular formula is C18H22F3N3O2S. The third-order valence-corrected chi connectivity index (χ3v) is 5.81. The Morgan fingerprint density at radius 2 is 1.89 bits per heavy atom. The van der Waals surface area contributed by atoms with E-state index in [1.54, 1.807) is 27.6 Å². The second kappa shape index (κ2) is 8.52. The zero-order valence-corrected chi connectivity index (χ0v) is 15.6. The Hall–Kier alpha value is -1.74. The zero-order chi connectivity index (χ0) is 19.4. The minimum atomic E-state index is -4.45. The third-order valence-electron chi connectivity index (χ3n) is 4.87. The molecule has 2 saturated heterocycles. The topological polar surface area (TPSA) is 52.7 Å². The number of amides is 2. The van der Waals surface area contributed by atoms with Crippen molar-refractivity contribution in [2.24, 2.45) is 0 Å². The molecule has 2 aliphatic rings. The van der Waals surface area contributed by atoms with Gasteiger partial charge in [-0.15, -0.1) is 0 Å². The molecule has 1 atom stereocenters. The summed E-state index contributed by atoms with van der Waals surface area (Å²) in [7, 11) is 0. The average molecular weight is 401 g/mol. The average Bonchev–Trinajstić information content (AvgIpc) is 2.65. The minimum absolute atomic E-state index is 0.00924. The highest BCUT2D eigenvalue weighted by atomic mass is 32.2. The smallest absolute Gasteiger partial charge is 0.353 e. The maximum absolute atomic E-state index is 13.3. The van der Waals surface area contributed by atoms with Crippen LogP contribution in [0, 0.1) is 0 Å². The highest BCUT2D eigenvalue weighted by Gasteiger charge is 2.36. The summed E-state index contributed by atoms with van der Waals surface area (Å²) >= 11 is 1.78. The Labute approximate surface area is 160 Å². The Balaban J connectivity index is 1.75. The van der Waals surface area contributed by atoms with E-state index in [0.717, 1.165) is 17.6 Å². The number of thioether (sulfide) groups is 1. The predicted molar refractivity (Wildman–Crippen MR) is 97.2 cm³/mol. The fourth-order valence-electron chi connectivity index (χ4n) is 3.43. The number of benzene rings is 1. The monoisotopic (exact) mass is 401 g/mol. The van der Waals surface area contributed by atoms with Crippen LogP contribution >= 0.6 is 11.8 Å². The molecule has 2 fully saturated rings. The van der Waals surface area contributed by atoms with E-state index in [4.69, 9.17) is 0 Å². The van der Waals surface area contributed by atoms with Crippen molar-refractivity contribution in [3.8, 4) is 0 Å². The Morgan fingerprint density at radius 1 is 1.19 bits per heavy atom. The number of alkyl halides is 3. The van der Waals surface area contributed by atoms with Crippen LogP contribution < -0.4 is 5.32 Å². The van der Waals surface area contributed by atoms with Gasteiger partial charge in [0, 0.05) is 44.2 Å². The van der Waals surface area contributed by atoms with E-state index in [0.29, 0.717) is 26.2 Å². The highest BCUT2D eigenvalue weighted by molar-refractivity contribution is 7.99. The molecule has 1 aromatic carbocycles. The quantitative estimate of drug-likeness (QED) is 0.838. The molecule has 0 aliphatic carbocycles. The summed E-state index contributed by atoms with van der Waals surface area (Å²) in [6.45, 7) is 2.05. The van der Waals surface area contributed by atoms with Gasteiger partial charge < -0.3 is 10.2 Å². The van der Waals surface area contributed by atoms with Gasteiger partial charge in [0.1, 0.15) is 0 Å². The molecule has 0 bridgehead atoms. The molecule has 0 radical (unpaired) electrons. The fraction of sp³-hybridized carbons (Fsp3) is 0.556. The standard InChI is InChI=1S/C18H22F3N3O2S/c19-18(20,21)14-4-2-1-3-13(14)12-24-6-5-22-17(26)15(24)11-16(25)23-7-9-27-10-8-23/h1-4,15H,5-12H2,(H,22,26). The molecule has 3 rings (SSSR count). The van der Waals surface area contributed by atoms with Crippen LogP contribution in [-0.4, -0.2) is 65.3 Å². The lowest BCUT2D eigenvalue weighted by atomic mass is 10.0. The summed E-state index contributed by atoms with van der Waals surface area (Å²) < 4.78 is 39.8. The van der Waals surface area contributed by atoms with Gasteiger partial charge in [0.05, 0.1) is 18.0 Å². The van der Waals surface area contributed by atoms with Gasteiger partial charge in [0.2, 0.25) is 11.8 Å². The summed E-state index contributed by atoms with van der Waals surface area (Å²) in [6.07, 6.45) is -4.46. The molecule has 2 aliphatic heterocycles. The van der Waals surface area contributed by atoms with E-state index in [-0.39, 0.29) is 30.3 Å². The number of piperazine rings is 1. The van der Waals surface area contributed by atoms with Crippen LogP contribution in [0.4, 0.5) is 13.2 Å². The van der Waals surface area contributed by atoms with Gasteiger partial charge in [-0.25, -0.2) is 0 Å². The lowest BCUT2D eigenvalue weighted by Crippen LogP contribution is -2.56. The lowest BCUT2D eigenvalue weighted by molar-refractivity contribution is -0.140. The van der Waals surface area contributed by atoms with Crippen molar-refractivity contribution < 1.29 is 22.8 Å². The summed E-state index contributed by atoms with van der Waals surface area (Å²) in [5.74, 6) is 1.31. The summed E-state index contributed by atoms with van der Waals surface area (Å²) in [5.41, 5.74) is -0.583. The van der Waals surface area contributed by atoms with Crippen LogP contribution in [0.3, 0.4) is 0 Å². The summed E-state index contributed by atoms with van der Waals surface area (Å²) in [4.78, 5) is 28.3. The van der Waals surface area contributed by atoms with E-state index in [9.17, 15) is 22.8 Å². The number of rotatable bonds is 4. The number of carbonyl (C=O) groups is 2. The van der Waals surface area contributed by atoms with Gasteiger partial charge in [0.25, 0.3) is 0 Å². The van der Waals surface area contributed by atoms with Gasteiger partial charge in [-0.05, 0) is 11.6 Å². The van der Waals surface area contributed by atoms with E-state index in [1.165, 1.54) is 12.1 Å². The van der Waals surface area contributed by atoms with Crippen molar-refractivity contribution in [2.45, 2.75) is 25.2 Å². The van der Waals surface area contributed by atoms with Crippen LogP contribution in [0.2, 0.25) is 0 Å². The van der Waals surface area contributed by atoms with Crippen molar-refractivity contribution in [2.75, 3.05) is 37.7 Å². The minimum Gasteiger partial charge on any atom is -0.353 e. The molecule has 2 amide bonds. The fourth-order valence-corrected chi connectivity index (χ4v) is 4.34. The number of hydrogen-bond donors (Lipinski definition) is 1. The molecule has 9 heteroatoms. The van der Waals surface area contributed by atoms with Crippen molar-refractivity contribution in [3.63, 3.8) is 0 Å². The van der Waals surface area contributed by atoms with Crippen LogP contribution in [0.5, 0.6) is 0 Å². The normalized spacial score (nSPS) is 21.8. The SMILES string of the molecule is O=C1NCCN(Cc2ccccc2C(F)(F)F)C1CC(=O)N1CCSCC1. The Kier molecular flexibility index (Phi) is 6.31. The largest absolute Gasteiger partial charge is 0.416 e. The van der Waals surface area contributed by atoms with Gasteiger partial charge in [-0.1, -0.05) is 18.2 Å². The highest BCUT2D eigenvalue weighted by Crippen LogP contribution is 2.33. The van der Waals surface area contributed by atoms with Gasteiger partial charge in [-0.3, -0.25) is 14.5 Å². The first-order valence-corrected chi connectivity index (χ1v) is 10.0. The Bertz CT molecular complexity index is 693. The van der Waals surface area contributed by atoms with E-state index >= 15 is 0 Å². The van der Waals surface area contributed by atoms with E-state index < -0.39 is 17.8 Å². The molecule has 0 saturated carbocycles. The van der Waals surface area contributed by atoms with E-state index in [2.05, 4.69) is 5.32 Å². The molecule has 0 spiro atoms. The molecule has 27 heavy (non-hydrogen) atoms.